The molecule has 2 rings (SSSR count). The molecule has 1 aliphatic heterocycles. The zero-order chi connectivity index (χ0) is 18.4. The lowest BCUT2D eigenvalue weighted by atomic mass is 9.97. The van der Waals surface area contributed by atoms with Gasteiger partial charge in [0.25, 0.3) is 0 Å². The van der Waals surface area contributed by atoms with E-state index in [1.165, 1.54) is 7.11 Å². The van der Waals surface area contributed by atoms with E-state index in [1.54, 1.807) is 17.0 Å². The van der Waals surface area contributed by atoms with Crippen molar-refractivity contribution in [3.8, 4) is 0 Å². The number of nitrogens with zero attached hydrogens (tertiary/aromatic N) is 1. The Hall–Kier alpha value is -2.57. The smallest absolute Gasteiger partial charge is 0.321 e. The van der Waals surface area contributed by atoms with E-state index in [0.717, 1.165) is 18.4 Å². The number of benzene rings is 1. The number of nitrogens with two attached hydrogens (primary N) is 1. The van der Waals surface area contributed by atoms with Crippen molar-refractivity contribution >= 4 is 23.6 Å². The first kappa shape index (κ1) is 18.8. The van der Waals surface area contributed by atoms with Gasteiger partial charge in [-0.25, -0.2) is 4.79 Å². The van der Waals surface area contributed by atoms with Crippen LogP contribution in [0.4, 0.5) is 10.5 Å². The minimum absolute atomic E-state index is 0.0376. The van der Waals surface area contributed by atoms with Gasteiger partial charge in [0.05, 0.1) is 19.4 Å². The second-order valence-corrected chi connectivity index (χ2v) is 6.42. The monoisotopic (exact) mass is 347 g/mol. The van der Waals surface area contributed by atoms with Gasteiger partial charge in [0.1, 0.15) is 0 Å². The molecule has 0 bridgehead atoms. The second kappa shape index (κ2) is 8.50. The molecule has 2 atom stereocenters. The second-order valence-electron chi connectivity index (χ2n) is 6.42. The first-order chi connectivity index (χ1) is 11.9. The van der Waals surface area contributed by atoms with E-state index in [0.29, 0.717) is 25.2 Å². The third kappa shape index (κ3) is 5.20. The van der Waals surface area contributed by atoms with Crippen LogP contribution in [-0.4, -0.2) is 43.0 Å². The largest absolute Gasteiger partial charge is 0.469 e. The number of esters is 1. The Morgan fingerprint density at radius 2 is 2.00 bits per heavy atom. The predicted octanol–water partition coefficient (Wildman–Crippen LogP) is 2.08. The third-order valence-corrected chi connectivity index (χ3v) is 4.54. The van der Waals surface area contributed by atoms with Gasteiger partial charge in [-0.3, -0.25) is 9.59 Å². The van der Waals surface area contributed by atoms with Crippen molar-refractivity contribution in [2.24, 2.45) is 11.7 Å². The highest BCUT2D eigenvalue weighted by Crippen LogP contribution is 2.22. The number of ether oxygens (including phenoxy) is 1. The number of hydrogen-bond donors (Lipinski definition) is 2. The van der Waals surface area contributed by atoms with Crippen LogP contribution in [0.2, 0.25) is 0 Å². The minimum atomic E-state index is -0.360. The van der Waals surface area contributed by atoms with Crippen LogP contribution in [0, 0.1) is 5.92 Å². The van der Waals surface area contributed by atoms with E-state index in [2.05, 4.69) is 10.1 Å². The van der Waals surface area contributed by atoms with Gasteiger partial charge >= 0.3 is 12.0 Å². The van der Waals surface area contributed by atoms with Crippen molar-refractivity contribution in [1.82, 2.24) is 4.90 Å². The summed E-state index contributed by atoms with van der Waals surface area (Å²) in [6.45, 7) is 2.92. The molecule has 25 heavy (non-hydrogen) atoms. The van der Waals surface area contributed by atoms with Crippen LogP contribution in [0.25, 0.3) is 0 Å². The first-order valence-corrected chi connectivity index (χ1v) is 8.42. The molecule has 1 heterocycles. The van der Waals surface area contributed by atoms with Crippen molar-refractivity contribution in [1.29, 1.82) is 0 Å². The number of carbonyl (C=O) groups is 3. The third-order valence-electron chi connectivity index (χ3n) is 4.54. The molecule has 1 fully saturated rings. The molecule has 0 unspecified atom stereocenters. The van der Waals surface area contributed by atoms with E-state index in [1.807, 2.05) is 19.1 Å². The molecular weight excluding hydrogens is 322 g/mol. The molecule has 0 aromatic heterocycles. The summed E-state index contributed by atoms with van der Waals surface area (Å²) >= 11 is 0. The minimum Gasteiger partial charge on any atom is -0.469 e. The Kier molecular flexibility index (Phi) is 6.38. The number of piperidine rings is 1. The van der Waals surface area contributed by atoms with Crippen LogP contribution < -0.4 is 11.1 Å². The van der Waals surface area contributed by atoms with Crippen LogP contribution in [0.3, 0.4) is 0 Å². The first-order valence-electron chi connectivity index (χ1n) is 8.42. The fraction of sp³-hybridized carbons (Fsp3) is 0.500. The molecule has 1 aromatic rings. The molecule has 0 spiro atoms. The van der Waals surface area contributed by atoms with Gasteiger partial charge in [-0.2, -0.15) is 0 Å². The molecular formula is C18H25N3O4. The van der Waals surface area contributed by atoms with Crippen molar-refractivity contribution in [2.45, 2.75) is 32.1 Å². The summed E-state index contributed by atoms with van der Waals surface area (Å²) in [5, 5.41) is 2.83. The van der Waals surface area contributed by atoms with Crippen molar-refractivity contribution in [2.75, 3.05) is 25.5 Å². The molecule has 1 aliphatic rings. The number of rotatable bonds is 5. The van der Waals surface area contributed by atoms with Crippen LogP contribution >= 0.6 is 0 Å². The summed E-state index contributed by atoms with van der Waals surface area (Å²) in [7, 11) is 1.37. The summed E-state index contributed by atoms with van der Waals surface area (Å²) in [6.07, 6.45) is 1.81. The molecule has 136 valence electrons. The SMILES string of the molecule is COC(=O)C[C@@H](C)c1ccc(NC(=O)N2CCC[C@@H](C(N)=O)C2)cc1. The highest BCUT2D eigenvalue weighted by atomic mass is 16.5. The zero-order valence-corrected chi connectivity index (χ0v) is 14.7. The quantitative estimate of drug-likeness (QED) is 0.796. The maximum Gasteiger partial charge on any atom is 0.321 e. The molecule has 0 aliphatic carbocycles. The van der Waals surface area contributed by atoms with E-state index in [4.69, 9.17) is 5.73 Å². The van der Waals surface area contributed by atoms with Crippen LogP contribution in [0.1, 0.15) is 37.7 Å². The van der Waals surface area contributed by atoms with Gasteiger partial charge < -0.3 is 20.7 Å². The van der Waals surface area contributed by atoms with Crippen LogP contribution in [0.5, 0.6) is 0 Å². The summed E-state index contributed by atoms with van der Waals surface area (Å²) in [4.78, 5) is 36.6. The van der Waals surface area contributed by atoms with Crippen molar-refractivity contribution < 1.29 is 19.1 Å². The molecule has 0 radical (unpaired) electrons. The number of primary amides is 1. The van der Waals surface area contributed by atoms with E-state index in [-0.39, 0.29) is 29.7 Å². The number of amides is 3. The van der Waals surface area contributed by atoms with Crippen molar-refractivity contribution in [3.05, 3.63) is 29.8 Å². The lowest BCUT2D eigenvalue weighted by Gasteiger charge is -2.31. The van der Waals surface area contributed by atoms with Gasteiger partial charge in [-0.1, -0.05) is 19.1 Å². The van der Waals surface area contributed by atoms with Gasteiger partial charge in [0.2, 0.25) is 5.91 Å². The average Bonchev–Trinajstić information content (AvgIpc) is 2.62. The number of carbonyl (C=O) groups excluding carboxylic acids is 3. The maximum atomic E-state index is 12.3. The summed E-state index contributed by atoms with van der Waals surface area (Å²) < 4.78 is 4.68. The van der Waals surface area contributed by atoms with E-state index >= 15 is 0 Å². The van der Waals surface area contributed by atoms with Gasteiger partial charge in [-0.15, -0.1) is 0 Å². The molecule has 0 saturated carbocycles. The lowest BCUT2D eigenvalue weighted by molar-refractivity contribution is -0.141. The molecule has 7 nitrogen and oxygen atoms in total. The Morgan fingerprint density at radius 1 is 1.32 bits per heavy atom. The number of methoxy groups -OCH3 is 1. The van der Waals surface area contributed by atoms with Crippen molar-refractivity contribution in [3.63, 3.8) is 0 Å². The van der Waals surface area contributed by atoms with E-state index < -0.39 is 0 Å². The summed E-state index contributed by atoms with van der Waals surface area (Å²) in [5.41, 5.74) is 7.00. The fourth-order valence-electron chi connectivity index (χ4n) is 2.94. The van der Waals surface area contributed by atoms with Gasteiger partial charge in [-0.05, 0) is 36.5 Å². The Balaban J connectivity index is 1.93. The number of anilines is 1. The molecule has 3 N–H and O–H groups in total. The lowest BCUT2D eigenvalue weighted by Crippen LogP contribution is -2.45. The zero-order valence-electron chi connectivity index (χ0n) is 14.7. The fourth-order valence-corrected chi connectivity index (χ4v) is 2.94. The average molecular weight is 347 g/mol. The Labute approximate surface area is 147 Å². The molecule has 3 amide bonds. The molecule has 1 saturated heterocycles. The standard InChI is InChI=1S/C18H25N3O4/c1-12(10-16(22)25-2)13-5-7-15(8-6-13)20-18(24)21-9-3-4-14(11-21)17(19)23/h5-8,12,14H,3-4,9-11H2,1-2H3,(H2,19,23)(H,20,24)/t12-,14-/m1/s1. The van der Waals surface area contributed by atoms with E-state index in [9.17, 15) is 14.4 Å². The molecule has 1 aromatic carbocycles. The highest BCUT2D eigenvalue weighted by Gasteiger charge is 2.27. The number of urea groups is 1. The maximum absolute atomic E-state index is 12.3. The Morgan fingerprint density at radius 3 is 2.60 bits per heavy atom. The number of hydrogen-bond acceptors (Lipinski definition) is 4. The highest BCUT2D eigenvalue weighted by molar-refractivity contribution is 5.90. The van der Waals surface area contributed by atoms with Gasteiger partial charge in [0, 0.05) is 18.8 Å². The topological polar surface area (TPSA) is 102 Å². The molecule has 7 heteroatoms. The normalized spacial score (nSPS) is 18.3. The summed E-state index contributed by atoms with van der Waals surface area (Å²) in [5.74, 6) is -0.850. The van der Waals surface area contributed by atoms with Crippen LogP contribution in [0.15, 0.2) is 24.3 Å². The number of likely N-dealkylation sites (tertiary alicyclic amines) is 1. The van der Waals surface area contributed by atoms with Crippen LogP contribution in [-0.2, 0) is 14.3 Å². The van der Waals surface area contributed by atoms with Gasteiger partial charge in [0.15, 0.2) is 0 Å². The summed E-state index contributed by atoms with van der Waals surface area (Å²) in [6, 6.07) is 7.13. The Bertz CT molecular complexity index is 630. The number of nitrogens with one attached hydrogen (secondary N) is 1. The predicted molar refractivity (Wildman–Crippen MR) is 94.0 cm³/mol.